The van der Waals surface area contributed by atoms with Crippen LogP contribution >= 0.6 is 22.7 Å². The molecule has 0 bridgehead atoms. The maximum Gasteiger partial charge on any atom is 0.101 e. The van der Waals surface area contributed by atoms with E-state index >= 15 is 0 Å². The second-order valence-electron chi connectivity index (χ2n) is 5.48. The number of aromatic nitrogens is 1. The fraction of sp³-hybridized carbons (Fsp3) is 0.167. The molecule has 116 valence electrons. The van der Waals surface area contributed by atoms with Crippen molar-refractivity contribution in [2.24, 2.45) is 0 Å². The summed E-state index contributed by atoms with van der Waals surface area (Å²) < 4.78 is 2.42. The number of thiophene rings is 2. The zero-order valence-corrected chi connectivity index (χ0v) is 14.0. The maximum atomic E-state index is 10.4. The van der Waals surface area contributed by atoms with E-state index in [1.54, 1.807) is 22.7 Å². The van der Waals surface area contributed by atoms with Crippen LogP contribution < -0.4 is 5.32 Å². The van der Waals surface area contributed by atoms with Gasteiger partial charge >= 0.3 is 0 Å². The van der Waals surface area contributed by atoms with E-state index in [4.69, 9.17) is 0 Å². The average molecular weight is 340 g/mol. The molecule has 3 aromatic heterocycles. The highest BCUT2D eigenvalue weighted by atomic mass is 32.1. The molecule has 4 rings (SSSR count). The van der Waals surface area contributed by atoms with Crippen molar-refractivity contribution in [3.63, 3.8) is 0 Å². The molecule has 0 fully saturated rings. The molecular formula is C18H16N2OS2. The summed E-state index contributed by atoms with van der Waals surface area (Å²) in [4.78, 5) is 5.44. The summed E-state index contributed by atoms with van der Waals surface area (Å²) in [5, 5.41) is 16.9. The topological polar surface area (TPSA) is 45.1 Å². The largest absolute Gasteiger partial charge is 0.386 e. The van der Waals surface area contributed by atoms with E-state index in [2.05, 4.69) is 39.9 Å². The van der Waals surface area contributed by atoms with Crippen LogP contribution in [-0.2, 0) is 6.54 Å². The standard InChI is InChI=1S/C18H16N2OS2/c21-15(18-8-13-3-1-2-4-16(13)23-18)11-19-9-12-7-17-14(20-10-12)5-6-22-17/h1-8,10,15,19,21H,9,11H2. The van der Waals surface area contributed by atoms with E-state index in [0.29, 0.717) is 13.1 Å². The summed E-state index contributed by atoms with van der Waals surface area (Å²) in [6.45, 7) is 1.25. The van der Waals surface area contributed by atoms with E-state index in [0.717, 1.165) is 16.0 Å². The lowest BCUT2D eigenvalue weighted by molar-refractivity contribution is 0.178. The second kappa shape index (κ2) is 6.37. The zero-order chi connectivity index (χ0) is 15.6. The van der Waals surface area contributed by atoms with Gasteiger partial charge in [-0.15, -0.1) is 22.7 Å². The Hall–Kier alpha value is -1.79. The van der Waals surface area contributed by atoms with Gasteiger partial charge in [0.25, 0.3) is 0 Å². The molecule has 1 aromatic carbocycles. The minimum Gasteiger partial charge on any atom is -0.386 e. The second-order valence-corrected chi connectivity index (χ2v) is 7.54. The first-order chi connectivity index (χ1) is 11.3. The van der Waals surface area contributed by atoms with Crippen LogP contribution in [-0.4, -0.2) is 16.6 Å². The van der Waals surface area contributed by atoms with Crippen LogP contribution in [0.25, 0.3) is 20.3 Å². The smallest absolute Gasteiger partial charge is 0.101 e. The molecule has 0 radical (unpaired) electrons. The fourth-order valence-electron chi connectivity index (χ4n) is 2.60. The van der Waals surface area contributed by atoms with Gasteiger partial charge < -0.3 is 10.4 Å². The van der Waals surface area contributed by atoms with Crippen molar-refractivity contribution in [2.45, 2.75) is 12.6 Å². The first-order valence-corrected chi connectivity index (χ1v) is 9.18. The van der Waals surface area contributed by atoms with Crippen LogP contribution in [0.15, 0.2) is 54.0 Å². The first kappa shape index (κ1) is 14.8. The van der Waals surface area contributed by atoms with Gasteiger partial charge in [-0.3, -0.25) is 4.98 Å². The molecule has 0 amide bonds. The van der Waals surface area contributed by atoms with Crippen LogP contribution in [0.3, 0.4) is 0 Å². The molecule has 5 heteroatoms. The lowest BCUT2D eigenvalue weighted by atomic mass is 10.2. The van der Waals surface area contributed by atoms with Gasteiger partial charge in [0, 0.05) is 28.9 Å². The maximum absolute atomic E-state index is 10.4. The van der Waals surface area contributed by atoms with Crippen LogP contribution in [0.2, 0.25) is 0 Å². The number of aliphatic hydroxyl groups is 1. The quantitative estimate of drug-likeness (QED) is 0.568. The molecular weight excluding hydrogens is 324 g/mol. The highest BCUT2D eigenvalue weighted by Crippen LogP contribution is 2.29. The highest BCUT2D eigenvalue weighted by molar-refractivity contribution is 7.19. The summed E-state index contributed by atoms with van der Waals surface area (Å²) in [7, 11) is 0. The fourth-order valence-corrected chi connectivity index (χ4v) is 4.46. The third-order valence-corrected chi connectivity index (χ3v) is 5.87. The van der Waals surface area contributed by atoms with Crippen molar-refractivity contribution in [2.75, 3.05) is 6.54 Å². The summed E-state index contributed by atoms with van der Waals surface area (Å²) >= 11 is 3.36. The van der Waals surface area contributed by atoms with Gasteiger partial charge in [0.2, 0.25) is 0 Å². The van der Waals surface area contributed by atoms with Crippen molar-refractivity contribution >= 4 is 43.0 Å². The number of pyridine rings is 1. The van der Waals surface area contributed by atoms with Crippen molar-refractivity contribution in [3.05, 3.63) is 64.5 Å². The van der Waals surface area contributed by atoms with Gasteiger partial charge in [0.15, 0.2) is 0 Å². The Labute approximate surface area is 142 Å². The highest BCUT2D eigenvalue weighted by Gasteiger charge is 2.11. The number of hydrogen-bond donors (Lipinski definition) is 2. The number of hydrogen-bond acceptors (Lipinski definition) is 5. The Bertz CT molecular complexity index is 911. The summed E-state index contributed by atoms with van der Waals surface area (Å²) in [5.41, 5.74) is 2.19. The molecule has 0 saturated heterocycles. The van der Waals surface area contributed by atoms with Crippen LogP contribution in [0, 0.1) is 0 Å². The minimum atomic E-state index is -0.481. The monoisotopic (exact) mass is 340 g/mol. The van der Waals surface area contributed by atoms with Gasteiger partial charge in [-0.05, 0) is 40.6 Å². The molecule has 0 aliphatic rings. The molecule has 1 atom stereocenters. The lowest BCUT2D eigenvalue weighted by Crippen LogP contribution is -2.20. The number of benzene rings is 1. The van der Waals surface area contributed by atoms with Gasteiger partial charge in [0.05, 0.1) is 10.2 Å². The van der Waals surface area contributed by atoms with Crippen LogP contribution in [0.4, 0.5) is 0 Å². The van der Waals surface area contributed by atoms with E-state index in [1.165, 1.54) is 14.8 Å². The first-order valence-electron chi connectivity index (χ1n) is 7.49. The predicted molar refractivity (Wildman–Crippen MR) is 98.1 cm³/mol. The number of rotatable bonds is 5. The van der Waals surface area contributed by atoms with Gasteiger partial charge in [-0.1, -0.05) is 18.2 Å². The number of nitrogens with zero attached hydrogens (tertiary/aromatic N) is 1. The van der Waals surface area contributed by atoms with Gasteiger partial charge in [0.1, 0.15) is 6.10 Å². The predicted octanol–water partition coefficient (Wildman–Crippen LogP) is 4.33. The van der Waals surface area contributed by atoms with Crippen LogP contribution in [0.1, 0.15) is 16.5 Å². The average Bonchev–Trinajstić information content (AvgIpc) is 3.20. The molecule has 4 aromatic rings. The third kappa shape index (κ3) is 3.14. The number of aliphatic hydroxyl groups excluding tert-OH is 1. The Morgan fingerprint density at radius 2 is 2.04 bits per heavy atom. The van der Waals surface area contributed by atoms with Crippen molar-refractivity contribution in [1.82, 2.24) is 10.3 Å². The zero-order valence-electron chi connectivity index (χ0n) is 12.4. The van der Waals surface area contributed by atoms with Crippen molar-refractivity contribution in [1.29, 1.82) is 0 Å². The number of fused-ring (bicyclic) bond motifs is 2. The van der Waals surface area contributed by atoms with Gasteiger partial charge in [-0.25, -0.2) is 0 Å². The minimum absolute atomic E-state index is 0.481. The van der Waals surface area contributed by atoms with Crippen molar-refractivity contribution in [3.8, 4) is 0 Å². The Balaban J connectivity index is 1.39. The molecule has 0 spiro atoms. The molecule has 2 N–H and O–H groups in total. The molecule has 1 unspecified atom stereocenters. The Kier molecular flexibility index (Phi) is 4.10. The SMILES string of the molecule is OC(CNCc1cnc2ccsc2c1)c1cc2ccccc2s1. The summed E-state index contributed by atoms with van der Waals surface area (Å²) in [6.07, 6.45) is 1.42. The summed E-state index contributed by atoms with van der Waals surface area (Å²) in [5.74, 6) is 0. The third-order valence-electron chi connectivity index (χ3n) is 3.80. The Morgan fingerprint density at radius 3 is 2.96 bits per heavy atom. The molecule has 3 nitrogen and oxygen atoms in total. The van der Waals surface area contributed by atoms with Gasteiger partial charge in [-0.2, -0.15) is 0 Å². The normalized spacial score (nSPS) is 12.9. The molecule has 0 aliphatic heterocycles. The van der Waals surface area contributed by atoms with Crippen molar-refractivity contribution < 1.29 is 5.11 Å². The van der Waals surface area contributed by atoms with E-state index in [-0.39, 0.29) is 0 Å². The number of nitrogens with one attached hydrogen (secondary N) is 1. The van der Waals surface area contributed by atoms with E-state index in [1.807, 2.05) is 24.4 Å². The lowest BCUT2D eigenvalue weighted by Gasteiger charge is -2.10. The van der Waals surface area contributed by atoms with E-state index < -0.39 is 6.10 Å². The molecule has 23 heavy (non-hydrogen) atoms. The summed E-state index contributed by atoms with van der Waals surface area (Å²) in [6, 6.07) is 14.5. The van der Waals surface area contributed by atoms with Crippen LogP contribution in [0.5, 0.6) is 0 Å². The van der Waals surface area contributed by atoms with E-state index in [9.17, 15) is 5.11 Å². The Morgan fingerprint density at radius 1 is 1.13 bits per heavy atom. The molecule has 0 aliphatic carbocycles. The molecule has 3 heterocycles. The molecule has 0 saturated carbocycles.